The van der Waals surface area contributed by atoms with Crippen LogP contribution in [0.5, 0.6) is 0 Å². The number of hydrogen-bond donors (Lipinski definition) is 2. The van der Waals surface area contributed by atoms with Gasteiger partial charge in [0, 0.05) is 17.3 Å². The molecule has 2 nitrogen and oxygen atoms in total. The van der Waals surface area contributed by atoms with Crippen LogP contribution in [0.15, 0.2) is 18.2 Å². The molecule has 3 N–H and O–H groups in total. The van der Waals surface area contributed by atoms with E-state index in [4.69, 9.17) is 29.6 Å². The fourth-order valence-electron chi connectivity index (χ4n) is 2.18. The van der Waals surface area contributed by atoms with Crippen LogP contribution in [0.4, 0.5) is 5.69 Å². The molecule has 0 aromatic heterocycles. The van der Waals surface area contributed by atoms with Crippen LogP contribution in [-0.4, -0.2) is 11.0 Å². The molecule has 100 valence electrons. The molecule has 4 heteroatoms. The summed E-state index contributed by atoms with van der Waals surface area (Å²) in [5.74, 6) is 0.666. The maximum atomic E-state index is 6.15. The zero-order valence-corrected chi connectivity index (χ0v) is 12.7. The first-order valence-corrected chi connectivity index (χ1v) is 7.14. The lowest BCUT2D eigenvalue weighted by atomic mass is 9.95. The fraction of sp³-hybridized carbons (Fsp3) is 0.500. The molecule has 0 amide bonds. The Bertz CT molecular complexity index is 416. The average Bonchev–Trinajstić information content (AvgIpc) is 2.30. The molecule has 1 aromatic carbocycles. The molecule has 0 saturated heterocycles. The molecule has 0 saturated carbocycles. The number of nitrogens with two attached hydrogens (primary N) is 1. The van der Waals surface area contributed by atoms with Crippen molar-refractivity contribution < 1.29 is 0 Å². The summed E-state index contributed by atoms with van der Waals surface area (Å²) in [4.78, 5) is 0.333. The Balaban J connectivity index is 2.80. The van der Waals surface area contributed by atoms with Gasteiger partial charge in [-0.1, -0.05) is 50.5 Å². The quantitative estimate of drug-likeness (QED) is 0.769. The maximum absolute atomic E-state index is 6.15. The standard InChI is InChI=1S/C14H21ClN2S/c1-4-10(5-2)9(3)17-11-6-7-12(14(16)18)13(15)8-11/h6-10,17H,4-5H2,1-3H3,(H2,16,18). The van der Waals surface area contributed by atoms with Crippen molar-refractivity contribution in [3.8, 4) is 0 Å². The van der Waals surface area contributed by atoms with Gasteiger partial charge in [0.15, 0.2) is 0 Å². The summed E-state index contributed by atoms with van der Waals surface area (Å²) in [7, 11) is 0. The van der Waals surface area contributed by atoms with Crippen molar-refractivity contribution in [3.05, 3.63) is 28.8 Å². The van der Waals surface area contributed by atoms with E-state index in [2.05, 4.69) is 26.1 Å². The molecule has 0 aliphatic heterocycles. The van der Waals surface area contributed by atoms with Gasteiger partial charge in [0.05, 0.1) is 5.02 Å². The molecule has 0 radical (unpaired) electrons. The number of halogens is 1. The second-order valence-corrected chi connectivity index (χ2v) is 5.42. The molecule has 0 bridgehead atoms. The minimum absolute atomic E-state index is 0.333. The van der Waals surface area contributed by atoms with Gasteiger partial charge in [-0.05, 0) is 31.0 Å². The van der Waals surface area contributed by atoms with Crippen molar-refractivity contribution in [2.75, 3.05) is 5.32 Å². The predicted molar refractivity (Wildman–Crippen MR) is 84.5 cm³/mol. The van der Waals surface area contributed by atoms with Crippen LogP contribution < -0.4 is 11.1 Å². The van der Waals surface area contributed by atoms with Crippen LogP contribution in [0.3, 0.4) is 0 Å². The number of anilines is 1. The Morgan fingerprint density at radius 1 is 1.39 bits per heavy atom. The molecule has 1 rings (SSSR count). The van der Waals surface area contributed by atoms with E-state index in [1.807, 2.05) is 18.2 Å². The number of thiocarbonyl (C=S) groups is 1. The van der Waals surface area contributed by atoms with Crippen molar-refractivity contribution in [3.63, 3.8) is 0 Å². The maximum Gasteiger partial charge on any atom is 0.105 e. The largest absolute Gasteiger partial charge is 0.389 e. The molecule has 0 aliphatic carbocycles. The van der Waals surface area contributed by atoms with Gasteiger partial charge in [0.25, 0.3) is 0 Å². The Hall–Kier alpha value is -0.800. The van der Waals surface area contributed by atoms with Crippen LogP contribution in [0.1, 0.15) is 39.2 Å². The molecule has 1 atom stereocenters. The first kappa shape index (κ1) is 15.3. The highest BCUT2D eigenvalue weighted by Crippen LogP contribution is 2.23. The highest BCUT2D eigenvalue weighted by Gasteiger charge is 2.13. The Morgan fingerprint density at radius 2 is 2.00 bits per heavy atom. The van der Waals surface area contributed by atoms with E-state index in [-0.39, 0.29) is 0 Å². The Morgan fingerprint density at radius 3 is 2.44 bits per heavy atom. The van der Waals surface area contributed by atoms with E-state index in [9.17, 15) is 0 Å². The molecule has 0 fully saturated rings. The van der Waals surface area contributed by atoms with Crippen molar-refractivity contribution in [1.82, 2.24) is 0 Å². The first-order valence-electron chi connectivity index (χ1n) is 6.35. The molecular weight excluding hydrogens is 264 g/mol. The van der Waals surface area contributed by atoms with Gasteiger partial charge < -0.3 is 11.1 Å². The van der Waals surface area contributed by atoms with Crippen molar-refractivity contribution >= 4 is 34.5 Å². The average molecular weight is 285 g/mol. The summed E-state index contributed by atoms with van der Waals surface area (Å²) < 4.78 is 0. The lowest BCUT2D eigenvalue weighted by Crippen LogP contribution is -2.25. The summed E-state index contributed by atoms with van der Waals surface area (Å²) in [6.45, 7) is 6.64. The summed E-state index contributed by atoms with van der Waals surface area (Å²) in [6.07, 6.45) is 2.34. The smallest absolute Gasteiger partial charge is 0.105 e. The van der Waals surface area contributed by atoms with Crippen LogP contribution >= 0.6 is 23.8 Å². The second kappa shape index (κ2) is 6.95. The lowest BCUT2D eigenvalue weighted by Gasteiger charge is -2.23. The van der Waals surface area contributed by atoms with Gasteiger partial charge in [0.2, 0.25) is 0 Å². The third-order valence-corrected chi connectivity index (χ3v) is 3.92. The summed E-state index contributed by atoms with van der Waals surface area (Å²) in [6, 6.07) is 6.15. The zero-order valence-electron chi connectivity index (χ0n) is 11.2. The van der Waals surface area contributed by atoms with E-state index in [0.29, 0.717) is 22.0 Å². The van der Waals surface area contributed by atoms with Gasteiger partial charge in [-0.25, -0.2) is 0 Å². The lowest BCUT2D eigenvalue weighted by molar-refractivity contribution is 0.438. The van der Waals surface area contributed by atoms with Gasteiger partial charge in [-0.15, -0.1) is 0 Å². The molecule has 0 heterocycles. The van der Waals surface area contributed by atoms with E-state index >= 15 is 0 Å². The monoisotopic (exact) mass is 284 g/mol. The molecule has 1 unspecified atom stereocenters. The third kappa shape index (κ3) is 3.85. The second-order valence-electron chi connectivity index (χ2n) is 4.57. The zero-order chi connectivity index (χ0) is 13.7. The Labute approximate surface area is 120 Å². The third-order valence-electron chi connectivity index (χ3n) is 3.38. The van der Waals surface area contributed by atoms with Crippen molar-refractivity contribution in [1.29, 1.82) is 0 Å². The molecule has 0 spiro atoms. The highest BCUT2D eigenvalue weighted by atomic mass is 35.5. The number of hydrogen-bond acceptors (Lipinski definition) is 2. The molecule has 18 heavy (non-hydrogen) atoms. The SMILES string of the molecule is CCC(CC)C(C)Nc1ccc(C(N)=S)c(Cl)c1. The minimum atomic E-state index is 0.333. The summed E-state index contributed by atoms with van der Waals surface area (Å²) in [5, 5.41) is 4.08. The normalized spacial score (nSPS) is 12.5. The van der Waals surface area contributed by atoms with Crippen LogP contribution in [-0.2, 0) is 0 Å². The fourth-order valence-corrected chi connectivity index (χ4v) is 2.70. The van der Waals surface area contributed by atoms with E-state index in [1.165, 1.54) is 12.8 Å². The number of rotatable bonds is 6. The molecule has 0 aliphatic rings. The highest BCUT2D eigenvalue weighted by molar-refractivity contribution is 7.80. The number of benzene rings is 1. The van der Waals surface area contributed by atoms with Crippen molar-refractivity contribution in [2.24, 2.45) is 11.7 Å². The summed E-state index contributed by atoms with van der Waals surface area (Å²) >= 11 is 11.1. The van der Waals surface area contributed by atoms with Gasteiger partial charge in [-0.3, -0.25) is 0 Å². The minimum Gasteiger partial charge on any atom is -0.389 e. The van der Waals surface area contributed by atoms with E-state index < -0.39 is 0 Å². The van der Waals surface area contributed by atoms with E-state index in [1.54, 1.807) is 0 Å². The van der Waals surface area contributed by atoms with Gasteiger partial charge in [-0.2, -0.15) is 0 Å². The first-order chi connectivity index (χ1) is 8.49. The Kier molecular flexibility index (Phi) is 5.89. The van der Waals surface area contributed by atoms with Crippen LogP contribution in [0, 0.1) is 5.92 Å². The predicted octanol–water partition coefficient (Wildman–Crippen LogP) is 4.21. The van der Waals surface area contributed by atoms with Crippen LogP contribution in [0.2, 0.25) is 5.02 Å². The van der Waals surface area contributed by atoms with Gasteiger partial charge in [0.1, 0.15) is 4.99 Å². The molecule has 1 aromatic rings. The molecular formula is C14H21ClN2S. The summed E-state index contributed by atoms with van der Waals surface area (Å²) in [5.41, 5.74) is 7.33. The van der Waals surface area contributed by atoms with Crippen LogP contribution in [0.25, 0.3) is 0 Å². The van der Waals surface area contributed by atoms with E-state index in [0.717, 1.165) is 11.3 Å². The topological polar surface area (TPSA) is 38.0 Å². The van der Waals surface area contributed by atoms with Crippen molar-refractivity contribution in [2.45, 2.75) is 39.7 Å². The van der Waals surface area contributed by atoms with Gasteiger partial charge >= 0.3 is 0 Å². The number of nitrogens with one attached hydrogen (secondary N) is 1.